The Balaban J connectivity index is 1.40. The van der Waals surface area contributed by atoms with Crippen molar-refractivity contribution in [2.24, 2.45) is 0 Å². The molecule has 0 bridgehead atoms. The minimum atomic E-state index is 0.518. The lowest BCUT2D eigenvalue weighted by molar-refractivity contribution is 0.878. The zero-order chi connectivity index (χ0) is 22.5. The molecule has 0 saturated heterocycles. The topological polar surface area (TPSA) is 72.9 Å². The second-order valence-corrected chi connectivity index (χ2v) is 8.93. The number of benzene rings is 2. The number of nitrogens with one attached hydrogen (secondary N) is 1. The number of pyridine rings is 1. The molecule has 0 atom stereocenters. The molecule has 6 rings (SSSR count). The summed E-state index contributed by atoms with van der Waals surface area (Å²) >= 11 is 1.57. The van der Waals surface area contributed by atoms with Crippen LogP contribution in [-0.4, -0.2) is 29.4 Å². The van der Waals surface area contributed by atoms with Crippen LogP contribution in [0, 0.1) is 20.8 Å². The average Bonchev–Trinajstić information content (AvgIpc) is 3.48. The molecule has 0 spiro atoms. The van der Waals surface area contributed by atoms with Crippen molar-refractivity contribution in [1.82, 2.24) is 29.4 Å². The highest BCUT2D eigenvalue weighted by molar-refractivity contribution is 7.15. The second kappa shape index (κ2) is 7.53. The van der Waals surface area contributed by atoms with Crippen LogP contribution in [-0.2, 0) is 0 Å². The number of fused-ring (bicyclic) bond motifs is 2. The molecule has 6 aromatic rings. The van der Waals surface area contributed by atoms with Crippen LogP contribution in [0.3, 0.4) is 0 Å². The van der Waals surface area contributed by atoms with Crippen molar-refractivity contribution >= 4 is 39.1 Å². The highest BCUT2D eigenvalue weighted by Gasteiger charge is 2.16. The number of thiazole rings is 1. The zero-order valence-electron chi connectivity index (χ0n) is 18.4. The quantitative estimate of drug-likeness (QED) is 0.363. The predicted molar refractivity (Wildman–Crippen MR) is 133 cm³/mol. The van der Waals surface area contributed by atoms with Crippen molar-refractivity contribution < 1.29 is 0 Å². The Morgan fingerprint density at radius 1 is 0.879 bits per heavy atom. The number of aromatic nitrogens is 6. The Labute approximate surface area is 194 Å². The van der Waals surface area contributed by atoms with Crippen LogP contribution >= 0.6 is 11.3 Å². The van der Waals surface area contributed by atoms with Gasteiger partial charge in [-0.1, -0.05) is 48.0 Å². The summed E-state index contributed by atoms with van der Waals surface area (Å²) in [7, 11) is 0. The molecular weight excluding hydrogens is 430 g/mol. The highest BCUT2D eigenvalue weighted by atomic mass is 32.1. The van der Waals surface area contributed by atoms with E-state index in [0.717, 1.165) is 44.2 Å². The van der Waals surface area contributed by atoms with E-state index in [2.05, 4.69) is 53.8 Å². The number of para-hydroxylation sites is 1. The third-order valence-electron chi connectivity index (χ3n) is 5.68. The van der Waals surface area contributed by atoms with Crippen LogP contribution in [0.2, 0.25) is 0 Å². The Morgan fingerprint density at radius 2 is 1.67 bits per heavy atom. The summed E-state index contributed by atoms with van der Waals surface area (Å²) in [4.78, 5) is 10.4. The summed E-state index contributed by atoms with van der Waals surface area (Å²) in [5.41, 5.74) is 7.20. The largest absolute Gasteiger partial charge is 0.307 e. The fourth-order valence-corrected chi connectivity index (χ4v) is 4.92. The number of aryl methyl sites for hydroxylation is 3. The third kappa shape index (κ3) is 3.35. The van der Waals surface area contributed by atoms with E-state index < -0.39 is 0 Å². The number of anilines is 2. The maximum absolute atomic E-state index is 4.88. The molecule has 0 radical (unpaired) electrons. The van der Waals surface area contributed by atoms with E-state index in [4.69, 9.17) is 15.2 Å². The molecule has 33 heavy (non-hydrogen) atoms. The van der Waals surface area contributed by atoms with Gasteiger partial charge in [0.05, 0.1) is 17.1 Å². The first-order chi connectivity index (χ1) is 16.1. The van der Waals surface area contributed by atoms with E-state index in [1.807, 2.05) is 52.5 Å². The first-order valence-corrected chi connectivity index (χ1v) is 11.6. The van der Waals surface area contributed by atoms with Gasteiger partial charge in [-0.2, -0.15) is 10.1 Å². The summed E-state index contributed by atoms with van der Waals surface area (Å²) < 4.78 is 3.76. The van der Waals surface area contributed by atoms with Gasteiger partial charge in [-0.15, -0.1) is 16.4 Å². The number of rotatable bonds is 4. The number of hydrogen-bond acceptors (Lipinski definition) is 6. The molecular formula is C25H21N7S. The number of nitrogens with zero attached hydrogens (tertiary/aromatic N) is 6. The first-order valence-electron chi connectivity index (χ1n) is 10.7. The molecule has 0 aliphatic carbocycles. The SMILES string of the molecule is Cc1ccc(-c2csc3nc(Nc4cc(C)c5c(C)nn(-c6ccccc6)c5n4)nn23)cc1. The Hall–Kier alpha value is -4.04. The summed E-state index contributed by atoms with van der Waals surface area (Å²) in [6.07, 6.45) is 0. The Kier molecular flexibility index (Phi) is 4.48. The van der Waals surface area contributed by atoms with Gasteiger partial charge in [-0.3, -0.25) is 0 Å². The molecule has 162 valence electrons. The van der Waals surface area contributed by atoms with Crippen molar-refractivity contribution in [2.75, 3.05) is 5.32 Å². The number of hydrogen-bond donors (Lipinski definition) is 1. The molecule has 8 heteroatoms. The van der Waals surface area contributed by atoms with Gasteiger partial charge in [0.2, 0.25) is 10.9 Å². The van der Waals surface area contributed by atoms with Crippen LogP contribution in [0.5, 0.6) is 0 Å². The highest BCUT2D eigenvalue weighted by Crippen LogP contribution is 2.29. The maximum Gasteiger partial charge on any atom is 0.249 e. The van der Waals surface area contributed by atoms with Gasteiger partial charge >= 0.3 is 0 Å². The van der Waals surface area contributed by atoms with Crippen LogP contribution in [0.25, 0.3) is 32.9 Å². The normalized spacial score (nSPS) is 11.5. The van der Waals surface area contributed by atoms with Gasteiger partial charge in [0.15, 0.2) is 5.65 Å². The van der Waals surface area contributed by atoms with E-state index in [9.17, 15) is 0 Å². The molecule has 1 N–H and O–H groups in total. The van der Waals surface area contributed by atoms with Gasteiger partial charge in [-0.25, -0.2) is 14.2 Å². The lowest BCUT2D eigenvalue weighted by atomic mass is 10.1. The van der Waals surface area contributed by atoms with E-state index in [1.54, 1.807) is 11.3 Å². The summed E-state index contributed by atoms with van der Waals surface area (Å²) in [5, 5.41) is 15.9. The van der Waals surface area contributed by atoms with Crippen molar-refractivity contribution in [3.05, 3.63) is 82.9 Å². The van der Waals surface area contributed by atoms with Gasteiger partial charge in [0.1, 0.15) is 5.82 Å². The minimum absolute atomic E-state index is 0.518. The van der Waals surface area contributed by atoms with Crippen molar-refractivity contribution in [1.29, 1.82) is 0 Å². The zero-order valence-corrected chi connectivity index (χ0v) is 19.3. The standard InChI is InChI=1S/C25H21N7S/c1-15-9-11-18(12-10-15)20-14-33-25-28-24(30-32(20)25)27-21-13-16(2)22-17(3)29-31(23(22)26-21)19-7-5-4-6-8-19/h4-14H,1-3H3,(H,26,27,30). The monoisotopic (exact) mass is 451 g/mol. The first kappa shape index (κ1) is 19.6. The Bertz CT molecular complexity index is 1610. The molecule has 7 nitrogen and oxygen atoms in total. The summed E-state index contributed by atoms with van der Waals surface area (Å²) in [6, 6.07) is 20.5. The fourth-order valence-electron chi connectivity index (χ4n) is 4.09. The van der Waals surface area contributed by atoms with Crippen LogP contribution in [0.4, 0.5) is 11.8 Å². The van der Waals surface area contributed by atoms with Crippen LogP contribution in [0.1, 0.15) is 16.8 Å². The van der Waals surface area contributed by atoms with E-state index in [1.165, 1.54) is 5.56 Å². The van der Waals surface area contributed by atoms with E-state index in [0.29, 0.717) is 11.8 Å². The molecule has 2 aromatic carbocycles. The molecule has 0 aliphatic rings. The summed E-state index contributed by atoms with van der Waals surface area (Å²) in [6.45, 7) is 6.18. The molecule has 0 unspecified atom stereocenters. The van der Waals surface area contributed by atoms with Crippen LogP contribution in [0.15, 0.2) is 66.0 Å². The minimum Gasteiger partial charge on any atom is -0.307 e. The van der Waals surface area contributed by atoms with Crippen molar-refractivity contribution in [2.45, 2.75) is 20.8 Å². The lowest BCUT2D eigenvalue weighted by Crippen LogP contribution is -2.01. The maximum atomic E-state index is 4.88. The predicted octanol–water partition coefficient (Wildman–Crippen LogP) is 5.86. The van der Waals surface area contributed by atoms with Crippen molar-refractivity contribution in [3.8, 4) is 16.9 Å². The summed E-state index contributed by atoms with van der Waals surface area (Å²) in [5.74, 6) is 1.20. The van der Waals surface area contributed by atoms with Crippen LogP contribution < -0.4 is 5.32 Å². The average molecular weight is 452 g/mol. The third-order valence-corrected chi connectivity index (χ3v) is 6.50. The molecule has 0 amide bonds. The van der Waals surface area contributed by atoms with Gasteiger partial charge < -0.3 is 5.32 Å². The van der Waals surface area contributed by atoms with Crippen molar-refractivity contribution in [3.63, 3.8) is 0 Å². The smallest absolute Gasteiger partial charge is 0.249 e. The Morgan fingerprint density at radius 3 is 2.45 bits per heavy atom. The van der Waals surface area contributed by atoms with Gasteiger partial charge in [0.25, 0.3) is 0 Å². The molecule has 4 aromatic heterocycles. The van der Waals surface area contributed by atoms with Gasteiger partial charge in [0, 0.05) is 16.3 Å². The molecule has 0 fully saturated rings. The molecule has 0 aliphatic heterocycles. The molecule has 0 saturated carbocycles. The second-order valence-electron chi connectivity index (χ2n) is 8.10. The lowest BCUT2D eigenvalue weighted by Gasteiger charge is -2.07. The fraction of sp³-hybridized carbons (Fsp3) is 0.120. The van der Waals surface area contributed by atoms with E-state index in [-0.39, 0.29) is 0 Å². The van der Waals surface area contributed by atoms with Gasteiger partial charge in [-0.05, 0) is 44.5 Å². The van der Waals surface area contributed by atoms with E-state index >= 15 is 0 Å². The molecule has 4 heterocycles.